The fraction of sp³-hybridized carbons (Fsp3) is 0.190. The minimum absolute atomic E-state index is 0.362. The average Bonchev–Trinajstić information content (AvgIpc) is 3.14. The summed E-state index contributed by atoms with van der Waals surface area (Å²) in [5.74, 6) is 2.31. The number of ether oxygens (including phenoxy) is 1. The van der Waals surface area contributed by atoms with Gasteiger partial charge in [0.1, 0.15) is 23.1 Å². The Morgan fingerprint density at radius 2 is 1.89 bits per heavy atom. The quantitative estimate of drug-likeness (QED) is 0.514. The van der Waals surface area contributed by atoms with Gasteiger partial charge in [-0.1, -0.05) is 30.3 Å². The molecule has 1 aromatic carbocycles. The molecule has 3 heterocycles. The summed E-state index contributed by atoms with van der Waals surface area (Å²) in [4.78, 5) is 16.8. The molecule has 0 atom stereocenters. The fourth-order valence-electron chi connectivity index (χ4n) is 2.96. The number of benzene rings is 1. The SMILES string of the molecule is COCc1nc(Nc2ccc(N(C)C)nc2)c2c(-c3ccccc3)csc2n1. The highest BCUT2D eigenvalue weighted by Crippen LogP contribution is 2.38. The molecule has 7 heteroatoms. The number of aromatic nitrogens is 3. The van der Waals surface area contributed by atoms with Crippen LogP contribution in [0.1, 0.15) is 5.82 Å². The molecule has 0 spiro atoms. The van der Waals surface area contributed by atoms with Crippen molar-refractivity contribution in [3.05, 3.63) is 59.9 Å². The molecule has 142 valence electrons. The lowest BCUT2D eigenvalue weighted by Gasteiger charge is -2.13. The molecular weight excluding hydrogens is 370 g/mol. The molecule has 6 nitrogen and oxygen atoms in total. The molecule has 4 rings (SSSR count). The molecule has 28 heavy (non-hydrogen) atoms. The number of methoxy groups -OCH3 is 1. The van der Waals surface area contributed by atoms with E-state index in [0.717, 1.165) is 38.7 Å². The van der Waals surface area contributed by atoms with E-state index < -0.39 is 0 Å². The van der Waals surface area contributed by atoms with Crippen molar-refractivity contribution in [1.29, 1.82) is 0 Å². The first-order valence-electron chi connectivity index (χ1n) is 8.88. The van der Waals surface area contributed by atoms with E-state index in [9.17, 15) is 0 Å². The highest BCUT2D eigenvalue weighted by Gasteiger charge is 2.16. The van der Waals surface area contributed by atoms with Crippen molar-refractivity contribution in [3.63, 3.8) is 0 Å². The van der Waals surface area contributed by atoms with Crippen molar-refractivity contribution < 1.29 is 4.74 Å². The Hall–Kier alpha value is -3.03. The van der Waals surface area contributed by atoms with E-state index in [4.69, 9.17) is 9.72 Å². The molecule has 0 unspecified atom stereocenters. The Labute approximate surface area is 167 Å². The number of rotatable bonds is 6. The third-order valence-corrected chi connectivity index (χ3v) is 5.18. The topological polar surface area (TPSA) is 63.2 Å². The number of anilines is 3. The van der Waals surface area contributed by atoms with Crippen LogP contribution in [0.15, 0.2) is 54.0 Å². The number of hydrogen-bond donors (Lipinski definition) is 1. The normalized spacial score (nSPS) is 11.0. The van der Waals surface area contributed by atoms with Crippen molar-refractivity contribution in [2.45, 2.75) is 6.61 Å². The highest BCUT2D eigenvalue weighted by molar-refractivity contribution is 7.17. The Balaban J connectivity index is 1.81. The first kappa shape index (κ1) is 18.3. The molecule has 0 fully saturated rings. The lowest BCUT2D eigenvalue weighted by molar-refractivity contribution is 0.178. The maximum absolute atomic E-state index is 5.25. The van der Waals surface area contributed by atoms with Crippen molar-refractivity contribution >= 4 is 38.9 Å². The van der Waals surface area contributed by atoms with E-state index in [2.05, 4.69) is 32.8 Å². The van der Waals surface area contributed by atoms with Crippen LogP contribution >= 0.6 is 11.3 Å². The Kier molecular flexibility index (Phi) is 5.18. The van der Waals surface area contributed by atoms with Gasteiger partial charge in [-0.2, -0.15) is 0 Å². The third kappa shape index (κ3) is 3.67. The van der Waals surface area contributed by atoms with E-state index >= 15 is 0 Å². The summed E-state index contributed by atoms with van der Waals surface area (Å²) in [6, 6.07) is 14.3. The largest absolute Gasteiger partial charge is 0.377 e. The van der Waals surface area contributed by atoms with Gasteiger partial charge >= 0.3 is 0 Å². The molecule has 0 saturated carbocycles. The molecule has 0 amide bonds. The van der Waals surface area contributed by atoms with Gasteiger partial charge in [-0.25, -0.2) is 15.0 Å². The zero-order chi connectivity index (χ0) is 19.5. The minimum Gasteiger partial charge on any atom is -0.377 e. The number of nitrogens with zero attached hydrogens (tertiary/aromatic N) is 4. The number of pyridine rings is 1. The van der Waals surface area contributed by atoms with E-state index in [0.29, 0.717) is 12.4 Å². The third-order valence-electron chi connectivity index (χ3n) is 4.31. The van der Waals surface area contributed by atoms with Crippen LogP contribution in [0, 0.1) is 0 Å². The first-order chi connectivity index (χ1) is 13.7. The van der Waals surface area contributed by atoms with Gasteiger partial charge in [0.15, 0.2) is 5.82 Å². The molecule has 0 aliphatic heterocycles. The van der Waals surface area contributed by atoms with Gasteiger partial charge in [-0.3, -0.25) is 0 Å². The van der Waals surface area contributed by atoms with Gasteiger partial charge in [0.05, 0.1) is 17.3 Å². The van der Waals surface area contributed by atoms with Gasteiger partial charge in [-0.05, 0) is 17.7 Å². The fourth-order valence-corrected chi connectivity index (χ4v) is 3.93. The predicted octanol–water partition coefficient (Wildman–Crippen LogP) is 4.71. The van der Waals surface area contributed by atoms with Crippen LogP contribution < -0.4 is 10.2 Å². The molecule has 3 aromatic heterocycles. The maximum atomic E-state index is 5.25. The van der Waals surface area contributed by atoms with Crippen LogP contribution in [0.5, 0.6) is 0 Å². The van der Waals surface area contributed by atoms with Gasteiger partial charge in [0.25, 0.3) is 0 Å². The lowest BCUT2D eigenvalue weighted by atomic mass is 10.1. The van der Waals surface area contributed by atoms with Crippen LogP contribution in [-0.4, -0.2) is 36.2 Å². The summed E-state index contributed by atoms with van der Waals surface area (Å²) >= 11 is 1.61. The summed E-state index contributed by atoms with van der Waals surface area (Å²) in [7, 11) is 5.59. The summed E-state index contributed by atoms with van der Waals surface area (Å²) in [5.41, 5.74) is 3.13. The Morgan fingerprint density at radius 3 is 2.57 bits per heavy atom. The molecule has 0 saturated heterocycles. The van der Waals surface area contributed by atoms with Crippen LogP contribution in [0.25, 0.3) is 21.3 Å². The van der Waals surface area contributed by atoms with Crippen molar-refractivity contribution in [2.24, 2.45) is 0 Å². The van der Waals surface area contributed by atoms with Gasteiger partial charge < -0.3 is 15.0 Å². The molecule has 0 bridgehead atoms. The van der Waals surface area contributed by atoms with Crippen LogP contribution in [0.2, 0.25) is 0 Å². The summed E-state index contributed by atoms with van der Waals surface area (Å²) in [6.07, 6.45) is 1.81. The second kappa shape index (κ2) is 7.92. The zero-order valence-corrected chi connectivity index (χ0v) is 16.8. The van der Waals surface area contributed by atoms with Crippen molar-refractivity contribution in [2.75, 3.05) is 31.4 Å². The van der Waals surface area contributed by atoms with Crippen LogP contribution in [-0.2, 0) is 11.3 Å². The summed E-state index contributed by atoms with van der Waals surface area (Å²) in [5, 5.41) is 6.56. The van der Waals surface area contributed by atoms with E-state index in [-0.39, 0.29) is 0 Å². The molecule has 0 radical (unpaired) electrons. The van der Waals surface area contributed by atoms with E-state index in [1.165, 1.54) is 0 Å². The van der Waals surface area contributed by atoms with Crippen LogP contribution in [0.3, 0.4) is 0 Å². The lowest BCUT2D eigenvalue weighted by Crippen LogP contribution is -2.10. The first-order valence-corrected chi connectivity index (χ1v) is 9.76. The number of fused-ring (bicyclic) bond motifs is 1. The van der Waals surface area contributed by atoms with Crippen LogP contribution in [0.4, 0.5) is 17.3 Å². The predicted molar refractivity (Wildman–Crippen MR) is 115 cm³/mol. The van der Waals surface area contributed by atoms with Gasteiger partial charge in [-0.15, -0.1) is 11.3 Å². The molecular formula is C21H21N5OS. The monoisotopic (exact) mass is 391 g/mol. The minimum atomic E-state index is 0.362. The molecule has 0 aliphatic rings. The molecule has 1 N–H and O–H groups in total. The van der Waals surface area contributed by atoms with Gasteiger partial charge in [0.2, 0.25) is 0 Å². The number of nitrogens with one attached hydrogen (secondary N) is 1. The summed E-state index contributed by atoms with van der Waals surface area (Å²) in [6.45, 7) is 0.362. The second-order valence-corrected chi connectivity index (χ2v) is 7.40. The Bertz CT molecular complexity index is 1080. The Morgan fingerprint density at radius 1 is 1.07 bits per heavy atom. The van der Waals surface area contributed by atoms with Crippen molar-refractivity contribution in [3.8, 4) is 11.1 Å². The highest BCUT2D eigenvalue weighted by atomic mass is 32.1. The standard InChI is InChI=1S/C21H21N5OS/c1-26(2)18-10-9-15(11-22-18)23-20-19-16(14-7-5-4-6-8-14)13-28-21(19)25-17(24-20)12-27-3/h4-11,13H,12H2,1-3H3,(H,23,24,25). The summed E-state index contributed by atoms with van der Waals surface area (Å²) < 4.78 is 5.25. The smallest absolute Gasteiger partial charge is 0.158 e. The number of thiophene rings is 1. The zero-order valence-electron chi connectivity index (χ0n) is 16.0. The van der Waals surface area contributed by atoms with Crippen molar-refractivity contribution in [1.82, 2.24) is 15.0 Å². The maximum Gasteiger partial charge on any atom is 0.158 e. The average molecular weight is 392 g/mol. The molecule has 0 aliphatic carbocycles. The van der Waals surface area contributed by atoms with E-state index in [1.54, 1.807) is 18.4 Å². The molecule has 4 aromatic rings. The van der Waals surface area contributed by atoms with Gasteiger partial charge in [0, 0.05) is 32.1 Å². The number of hydrogen-bond acceptors (Lipinski definition) is 7. The second-order valence-electron chi connectivity index (χ2n) is 6.54. The van der Waals surface area contributed by atoms with E-state index in [1.807, 2.05) is 55.5 Å².